The zero-order valence-corrected chi connectivity index (χ0v) is 8.55. The van der Waals surface area contributed by atoms with E-state index in [0.717, 1.165) is 5.56 Å². The molecule has 0 bridgehead atoms. The van der Waals surface area contributed by atoms with E-state index in [1.807, 2.05) is 19.0 Å². The Kier molecular flexibility index (Phi) is 3.70. The highest BCUT2D eigenvalue weighted by atomic mass is 35.5. The molecule has 0 N–H and O–H groups in total. The summed E-state index contributed by atoms with van der Waals surface area (Å²) in [5.74, 6) is 0.300. The van der Waals surface area contributed by atoms with Gasteiger partial charge in [-0.25, -0.2) is 4.39 Å². The van der Waals surface area contributed by atoms with Gasteiger partial charge in [0.2, 0.25) is 0 Å². The average Bonchev–Trinajstić information content (AvgIpc) is 2.09. The molecule has 0 spiro atoms. The molecule has 0 amide bonds. The summed E-state index contributed by atoms with van der Waals surface area (Å²) in [4.78, 5) is 2.01. The van der Waals surface area contributed by atoms with Crippen LogP contribution in [0.1, 0.15) is 11.6 Å². The highest BCUT2D eigenvalue weighted by Crippen LogP contribution is 2.19. The molecule has 0 saturated heterocycles. The minimum absolute atomic E-state index is 0.155. The largest absolute Gasteiger partial charge is 0.301 e. The van der Waals surface area contributed by atoms with Crippen molar-refractivity contribution in [1.82, 2.24) is 4.90 Å². The molecule has 1 rings (SSSR count). The van der Waals surface area contributed by atoms with E-state index in [0.29, 0.717) is 5.88 Å². The maximum Gasteiger partial charge on any atom is 0.123 e. The van der Waals surface area contributed by atoms with Crippen LogP contribution < -0.4 is 0 Å². The molecule has 0 aliphatic rings. The third kappa shape index (κ3) is 2.68. The predicted molar refractivity (Wildman–Crippen MR) is 53.5 cm³/mol. The maximum atomic E-state index is 12.6. The fourth-order valence-corrected chi connectivity index (χ4v) is 1.66. The molecule has 72 valence electrons. The first-order valence-electron chi connectivity index (χ1n) is 4.13. The van der Waals surface area contributed by atoms with Crippen LogP contribution >= 0.6 is 11.6 Å². The van der Waals surface area contributed by atoms with Gasteiger partial charge in [-0.3, -0.25) is 0 Å². The minimum atomic E-state index is -0.212. The Hall–Kier alpha value is -0.600. The molecular formula is C10H13ClFN. The highest BCUT2D eigenvalue weighted by molar-refractivity contribution is 6.18. The van der Waals surface area contributed by atoms with Crippen LogP contribution in [0.25, 0.3) is 0 Å². The van der Waals surface area contributed by atoms with Crippen molar-refractivity contribution in [2.75, 3.05) is 20.0 Å². The topological polar surface area (TPSA) is 3.24 Å². The van der Waals surface area contributed by atoms with E-state index in [1.165, 1.54) is 12.1 Å². The number of benzene rings is 1. The number of hydrogen-bond acceptors (Lipinski definition) is 1. The molecule has 1 unspecified atom stereocenters. The van der Waals surface area contributed by atoms with Crippen LogP contribution in [-0.4, -0.2) is 24.9 Å². The van der Waals surface area contributed by atoms with Gasteiger partial charge in [0.15, 0.2) is 0 Å². The SMILES string of the molecule is CN(C)C(CCl)c1ccc(F)cc1. The van der Waals surface area contributed by atoms with Gasteiger partial charge in [-0.2, -0.15) is 0 Å². The molecule has 3 heteroatoms. The molecule has 0 radical (unpaired) electrons. The van der Waals surface area contributed by atoms with Crippen molar-refractivity contribution in [3.05, 3.63) is 35.6 Å². The van der Waals surface area contributed by atoms with Crippen LogP contribution in [0.3, 0.4) is 0 Å². The molecule has 0 aromatic heterocycles. The number of alkyl halides is 1. The van der Waals surface area contributed by atoms with Crippen molar-refractivity contribution in [2.45, 2.75) is 6.04 Å². The number of halogens is 2. The van der Waals surface area contributed by atoms with Gasteiger partial charge < -0.3 is 4.90 Å². The van der Waals surface area contributed by atoms with Crippen molar-refractivity contribution < 1.29 is 4.39 Å². The number of hydrogen-bond donors (Lipinski definition) is 0. The molecule has 1 atom stereocenters. The smallest absolute Gasteiger partial charge is 0.123 e. The molecule has 13 heavy (non-hydrogen) atoms. The molecule has 0 saturated carbocycles. The first-order chi connectivity index (χ1) is 6.15. The predicted octanol–water partition coefficient (Wildman–Crippen LogP) is 2.67. The quantitative estimate of drug-likeness (QED) is 0.680. The summed E-state index contributed by atoms with van der Waals surface area (Å²) >= 11 is 5.80. The molecule has 0 heterocycles. The lowest BCUT2D eigenvalue weighted by Gasteiger charge is -2.22. The molecular weight excluding hydrogens is 189 g/mol. The van der Waals surface area contributed by atoms with Gasteiger partial charge in [-0.1, -0.05) is 12.1 Å². The first-order valence-corrected chi connectivity index (χ1v) is 4.66. The number of nitrogens with zero attached hydrogens (tertiary/aromatic N) is 1. The van der Waals surface area contributed by atoms with E-state index in [-0.39, 0.29) is 11.9 Å². The summed E-state index contributed by atoms with van der Waals surface area (Å²) in [6.07, 6.45) is 0. The zero-order valence-electron chi connectivity index (χ0n) is 7.80. The van der Waals surface area contributed by atoms with Crippen molar-refractivity contribution in [1.29, 1.82) is 0 Å². The summed E-state index contributed by atoms with van der Waals surface area (Å²) < 4.78 is 12.6. The molecule has 1 nitrogen and oxygen atoms in total. The van der Waals surface area contributed by atoms with Crippen molar-refractivity contribution in [2.24, 2.45) is 0 Å². The van der Waals surface area contributed by atoms with Gasteiger partial charge in [-0.05, 0) is 31.8 Å². The Morgan fingerprint density at radius 1 is 1.31 bits per heavy atom. The summed E-state index contributed by atoms with van der Waals surface area (Å²) in [6.45, 7) is 0. The van der Waals surface area contributed by atoms with Crippen LogP contribution in [0.15, 0.2) is 24.3 Å². The first kappa shape index (κ1) is 10.5. The minimum Gasteiger partial charge on any atom is -0.301 e. The van der Waals surface area contributed by atoms with Crippen molar-refractivity contribution in [3.63, 3.8) is 0 Å². The number of rotatable bonds is 3. The zero-order chi connectivity index (χ0) is 9.84. The Morgan fingerprint density at radius 2 is 1.85 bits per heavy atom. The second-order valence-electron chi connectivity index (χ2n) is 3.19. The van der Waals surface area contributed by atoms with Gasteiger partial charge in [0.1, 0.15) is 5.82 Å². The van der Waals surface area contributed by atoms with Crippen LogP contribution in [0, 0.1) is 5.82 Å². The molecule has 1 aromatic carbocycles. The summed E-state index contributed by atoms with van der Waals surface area (Å²) in [6, 6.07) is 6.60. The fraction of sp³-hybridized carbons (Fsp3) is 0.400. The lowest BCUT2D eigenvalue weighted by molar-refractivity contribution is 0.324. The standard InChI is InChI=1S/C10H13ClFN/c1-13(2)10(7-11)8-3-5-9(12)6-4-8/h3-6,10H,7H2,1-2H3. The second kappa shape index (κ2) is 4.58. The van der Waals surface area contributed by atoms with Gasteiger partial charge in [0.05, 0.1) is 0 Å². The van der Waals surface area contributed by atoms with Crippen molar-refractivity contribution >= 4 is 11.6 Å². The third-order valence-electron chi connectivity index (χ3n) is 2.02. The van der Waals surface area contributed by atoms with Gasteiger partial charge >= 0.3 is 0 Å². The highest BCUT2D eigenvalue weighted by Gasteiger charge is 2.11. The van der Waals surface area contributed by atoms with Crippen LogP contribution in [0.2, 0.25) is 0 Å². The Labute approximate surface area is 83.1 Å². The molecule has 0 aliphatic carbocycles. The Bertz CT molecular complexity index is 258. The lowest BCUT2D eigenvalue weighted by atomic mass is 10.1. The summed E-state index contributed by atoms with van der Waals surface area (Å²) in [7, 11) is 3.91. The second-order valence-corrected chi connectivity index (χ2v) is 3.49. The van der Waals surface area contributed by atoms with Crippen LogP contribution in [0.5, 0.6) is 0 Å². The van der Waals surface area contributed by atoms with Gasteiger partial charge in [0, 0.05) is 11.9 Å². The van der Waals surface area contributed by atoms with E-state index in [4.69, 9.17) is 11.6 Å². The van der Waals surface area contributed by atoms with E-state index >= 15 is 0 Å². The van der Waals surface area contributed by atoms with Gasteiger partial charge in [0.25, 0.3) is 0 Å². The van der Waals surface area contributed by atoms with E-state index in [2.05, 4.69) is 0 Å². The Morgan fingerprint density at radius 3 is 2.23 bits per heavy atom. The molecule has 0 aliphatic heterocycles. The van der Waals surface area contributed by atoms with Crippen LogP contribution in [0.4, 0.5) is 4.39 Å². The lowest BCUT2D eigenvalue weighted by Crippen LogP contribution is -2.21. The van der Waals surface area contributed by atoms with Crippen LogP contribution in [-0.2, 0) is 0 Å². The summed E-state index contributed by atoms with van der Waals surface area (Å²) in [5, 5.41) is 0. The Balaban J connectivity index is 2.86. The van der Waals surface area contributed by atoms with E-state index in [9.17, 15) is 4.39 Å². The normalized spacial score (nSPS) is 13.3. The monoisotopic (exact) mass is 201 g/mol. The molecule has 0 fully saturated rings. The van der Waals surface area contributed by atoms with Crippen molar-refractivity contribution in [3.8, 4) is 0 Å². The maximum absolute atomic E-state index is 12.6. The molecule has 1 aromatic rings. The fourth-order valence-electron chi connectivity index (χ4n) is 1.21. The van der Waals surface area contributed by atoms with Gasteiger partial charge in [-0.15, -0.1) is 11.6 Å². The summed E-state index contributed by atoms with van der Waals surface area (Å²) in [5.41, 5.74) is 1.04. The third-order valence-corrected chi connectivity index (χ3v) is 2.32. The van der Waals surface area contributed by atoms with E-state index < -0.39 is 0 Å². The van der Waals surface area contributed by atoms with E-state index in [1.54, 1.807) is 12.1 Å². The average molecular weight is 202 g/mol.